The van der Waals surface area contributed by atoms with Crippen LogP contribution >= 0.6 is 0 Å². The smallest absolute Gasteiger partial charge is 0.211 e. The van der Waals surface area contributed by atoms with Crippen LogP contribution in [-0.4, -0.2) is 67.8 Å². The quantitative estimate of drug-likeness (QED) is 0.840. The van der Waals surface area contributed by atoms with E-state index >= 15 is 0 Å². The van der Waals surface area contributed by atoms with Gasteiger partial charge in [-0.05, 0) is 37.0 Å². The first-order valence-electron chi connectivity index (χ1n) is 8.13. The van der Waals surface area contributed by atoms with Gasteiger partial charge in [-0.3, -0.25) is 0 Å². The molecule has 0 radical (unpaired) electrons. The van der Waals surface area contributed by atoms with Crippen LogP contribution in [0.1, 0.15) is 33.1 Å². The number of hydrogen-bond acceptors (Lipinski definition) is 4. The molecule has 2 rings (SSSR count). The summed E-state index contributed by atoms with van der Waals surface area (Å²) in [6, 6.07) is 0. The van der Waals surface area contributed by atoms with Crippen molar-refractivity contribution < 1.29 is 13.5 Å². The Morgan fingerprint density at radius 1 is 1.14 bits per heavy atom. The Bertz CT molecular complexity index is 430. The second-order valence-corrected chi connectivity index (χ2v) is 9.09. The van der Waals surface area contributed by atoms with Crippen LogP contribution in [0.4, 0.5) is 0 Å². The molecule has 124 valence electrons. The van der Waals surface area contributed by atoms with Crippen molar-refractivity contribution in [1.29, 1.82) is 0 Å². The van der Waals surface area contributed by atoms with Crippen molar-refractivity contribution in [2.24, 2.45) is 17.8 Å². The molecule has 1 heterocycles. The van der Waals surface area contributed by atoms with Crippen molar-refractivity contribution in [3.05, 3.63) is 0 Å². The van der Waals surface area contributed by atoms with E-state index in [1.807, 2.05) is 0 Å². The molecule has 2 fully saturated rings. The highest BCUT2D eigenvalue weighted by atomic mass is 32.2. The average molecular weight is 318 g/mol. The Balaban J connectivity index is 1.84. The Labute approximate surface area is 129 Å². The number of rotatable bonds is 4. The summed E-state index contributed by atoms with van der Waals surface area (Å²) in [6.07, 6.45) is 4.24. The lowest BCUT2D eigenvalue weighted by Gasteiger charge is -2.40. The zero-order valence-electron chi connectivity index (χ0n) is 13.5. The lowest BCUT2D eigenvalue weighted by Crippen LogP contribution is -2.50. The molecule has 3 unspecified atom stereocenters. The molecule has 1 aliphatic heterocycles. The van der Waals surface area contributed by atoms with E-state index < -0.39 is 10.0 Å². The molecule has 3 atom stereocenters. The van der Waals surface area contributed by atoms with Crippen LogP contribution in [0.25, 0.3) is 0 Å². The second kappa shape index (κ2) is 6.94. The average Bonchev–Trinajstić information content (AvgIpc) is 2.40. The Kier molecular flexibility index (Phi) is 5.68. The molecule has 1 aliphatic carbocycles. The zero-order valence-corrected chi connectivity index (χ0v) is 14.3. The van der Waals surface area contributed by atoms with E-state index in [9.17, 15) is 13.5 Å². The lowest BCUT2D eigenvalue weighted by molar-refractivity contribution is 0.0137. The minimum atomic E-state index is -3.06. The van der Waals surface area contributed by atoms with Gasteiger partial charge in [0.25, 0.3) is 0 Å². The predicted octanol–water partition coefficient (Wildman–Crippen LogP) is 0.997. The van der Waals surface area contributed by atoms with E-state index in [4.69, 9.17) is 0 Å². The van der Waals surface area contributed by atoms with Gasteiger partial charge in [0.15, 0.2) is 0 Å². The van der Waals surface area contributed by atoms with Gasteiger partial charge >= 0.3 is 0 Å². The Morgan fingerprint density at radius 2 is 1.76 bits per heavy atom. The van der Waals surface area contributed by atoms with Crippen LogP contribution in [0.2, 0.25) is 0 Å². The fourth-order valence-electron chi connectivity index (χ4n) is 3.66. The number of piperazine rings is 1. The molecule has 0 aromatic carbocycles. The predicted molar refractivity (Wildman–Crippen MR) is 84.5 cm³/mol. The van der Waals surface area contributed by atoms with Crippen molar-refractivity contribution >= 4 is 10.0 Å². The third-order valence-electron chi connectivity index (χ3n) is 5.22. The van der Waals surface area contributed by atoms with Gasteiger partial charge < -0.3 is 10.0 Å². The van der Waals surface area contributed by atoms with E-state index in [-0.39, 0.29) is 6.10 Å². The maximum atomic E-state index is 11.5. The summed E-state index contributed by atoms with van der Waals surface area (Å²) < 4.78 is 24.6. The summed E-state index contributed by atoms with van der Waals surface area (Å²) in [5.74, 6) is 1.74. The molecule has 0 bridgehead atoms. The second-order valence-electron chi connectivity index (χ2n) is 7.11. The first-order chi connectivity index (χ1) is 9.77. The molecular formula is C15H30N2O3S. The molecule has 1 N–H and O–H groups in total. The maximum Gasteiger partial charge on any atom is 0.211 e. The molecule has 0 amide bonds. The normalized spacial score (nSPS) is 33.5. The summed E-state index contributed by atoms with van der Waals surface area (Å²) in [4.78, 5) is 2.32. The van der Waals surface area contributed by atoms with Crippen LogP contribution in [0, 0.1) is 17.8 Å². The maximum absolute atomic E-state index is 11.5. The number of aliphatic hydroxyl groups excluding tert-OH is 1. The monoisotopic (exact) mass is 318 g/mol. The molecule has 0 spiro atoms. The Morgan fingerprint density at radius 3 is 2.29 bits per heavy atom. The summed E-state index contributed by atoms with van der Waals surface area (Å²) in [6.45, 7) is 8.16. The van der Waals surface area contributed by atoms with Crippen LogP contribution < -0.4 is 0 Å². The molecule has 0 aromatic rings. The first-order valence-corrected chi connectivity index (χ1v) is 9.97. The topological polar surface area (TPSA) is 60.9 Å². The van der Waals surface area contributed by atoms with Crippen molar-refractivity contribution in [1.82, 2.24) is 9.21 Å². The van der Waals surface area contributed by atoms with Crippen LogP contribution in [0.3, 0.4) is 0 Å². The van der Waals surface area contributed by atoms with Crippen molar-refractivity contribution in [3.63, 3.8) is 0 Å². The van der Waals surface area contributed by atoms with Crippen LogP contribution in [0.5, 0.6) is 0 Å². The largest absolute Gasteiger partial charge is 0.393 e. The van der Waals surface area contributed by atoms with Gasteiger partial charge in [-0.25, -0.2) is 8.42 Å². The molecule has 5 nitrogen and oxygen atoms in total. The summed E-state index contributed by atoms with van der Waals surface area (Å²) in [5.41, 5.74) is 0. The Hall–Kier alpha value is -0.170. The van der Waals surface area contributed by atoms with Crippen molar-refractivity contribution in [2.45, 2.75) is 39.2 Å². The molecule has 1 saturated carbocycles. The fourth-order valence-corrected chi connectivity index (χ4v) is 4.49. The van der Waals surface area contributed by atoms with Crippen molar-refractivity contribution in [2.75, 3.05) is 39.0 Å². The highest BCUT2D eigenvalue weighted by Crippen LogP contribution is 2.34. The third kappa shape index (κ3) is 4.65. The van der Waals surface area contributed by atoms with E-state index in [1.165, 1.54) is 6.26 Å². The first kappa shape index (κ1) is 17.2. The summed E-state index contributed by atoms with van der Waals surface area (Å²) in [7, 11) is -3.06. The van der Waals surface area contributed by atoms with Crippen molar-refractivity contribution in [3.8, 4) is 0 Å². The summed E-state index contributed by atoms with van der Waals surface area (Å²) >= 11 is 0. The van der Waals surface area contributed by atoms with Crippen LogP contribution in [0.15, 0.2) is 0 Å². The standard InChI is InChI=1S/C15H30N2O3S/c1-12(2)13-4-5-15(18)14(10-13)11-16-6-8-17(9-7-16)21(3,19)20/h12-15,18H,4-11H2,1-3H3. The van der Waals surface area contributed by atoms with Gasteiger partial charge in [-0.1, -0.05) is 13.8 Å². The van der Waals surface area contributed by atoms with Gasteiger partial charge in [0, 0.05) is 32.7 Å². The van der Waals surface area contributed by atoms with Gasteiger partial charge in [0.2, 0.25) is 10.0 Å². The van der Waals surface area contributed by atoms with Gasteiger partial charge in [-0.2, -0.15) is 4.31 Å². The van der Waals surface area contributed by atoms with E-state index in [1.54, 1.807) is 4.31 Å². The molecular weight excluding hydrogens is 288 g/mol. The molecule has 21 heavy (non-hydrogen) atoms. The van der Waals surface area contributed by atoms with Gasteiger partial charge in [0.05, 0.1) is 12.4 Å². The van der Waals surface area contributed by atoms with Crippen LogP contribution in [-0.2, 0) is 10.0 Å². The number of hydrogen-bond donors (Lipinski definition) is 1. The lowest BCUT2D eigenvalue weighted by atomic mass is 9.74. The number of nitrogens with zero attached hydrogens (tertiary/aromatic N) is 2. The van der Waals surface area contributed by atoms with Gasteiger partial charge in [-0.15, -0.1) is 0 Å². The molecule has 0 aromatic heterocycles. The molecule has 1 saturated heterocycles. The minimum absolute atomic E-state index is 0.187. The molecule has 2 aliphatic rings. The third-order valence-corrected chi connectivity index (χ3v) is 6.52. The fraction of sp³-hybridized carbons (Fsp3) is 1.00. The van der Waals surface area contributed by atoms with Gasteiger partial charge in [0.1, 0.15) is 0 Å². The number of sulfonamides is 1. The number of aliphatic hydroxyl groups is 1. The highest BCUT2D eigenvalue weighted by molar-refractivity contribution is 7.88. The molecule has 6 heteroatoms. The zero-order chi connectivity index (χ0) is 15.6. The minimum Gasteiger partial charge on any atom is -0.393 e. The van der Waals surface area contributed by atoms with E-state index in [2.05, 4.69) is 18.7 Å². The highest BCUT2D eigenvalue weighted by Gasteiger charge is 2.33. The van der Waals surface area contributed by atoms with E-state index in [0.717, 1.165) is 44.8 Å². The SMILES string of the molecule is CC(C)C1CCC(O)C(CN2CCN(S(C)(=O)=O)CC2)C1. The summed E-state index contributed by atoms with van der Waals surface area (Å²) in [5, 5.41) is 10.2. The van der Waals surface area contributed by atoms with E-state index in [0.29, 0.717) is 24.9 Å².